The molecule has 0 bridgehead atoms. The molecule has 0 atom stereocenters. The van der Waals surface area contributed by atoms with Gasteiger partial charge in [0.15, 0.2) is 0 Å². The van der Waals surface area contributed by atoms with E-state index in [9.17, 15) is 32.9 Å². The summed E-state index contributed by atoms with van der Waals surface area (Å²) in [5.41, 5.74) is -11.7. The van der Waals surface area contributed by atoms with E-state index in [0.29, 0.717) is 11.3 Å². The van der Waals surface area contributed by atoms with Gasteiger partial charge in [-0.15, -0.1) is 11.3 Å². The Labute approximate surface area is 486 Å². The van der Waals surface area contributed by atoms with Crippen molar-refractivity contribution in [2.45, 2.75) is 59.3 Å². The molecule has 3 aliphatic heterocycles. The lowest BCUT2D eigenvalue weighted by molar-refractivity contribution is 0.590. The van der Waals surface area contributed by atoms with Crippen LogP contribution < -0.4 is 26.2 Å². The van der Waals surface area contributed by atoms with Gasteiger partial charge in [-0.3, -0.25) is 0 Å². The zero-order valence-electron chi connectivity index (χ0n) is 72.8. The average molecular weight is 1010 g/mol. The van der Waals surface area contributed by atoms with Crippen LogP contribution in [0.2, 0.25) is 0 Å². The molecule has 3 aromatic heterocycles. The van der Waals surface area contributed by atoms with Gasteiger partial charge in [0, 0.05) is 70.2 Å². The summed E-state index contributed by atoms with van der Waals surface area (Å²) in [7, 11) is 0. The van der Waals surface area contributed by atoms with Crippen molar-refractivity contribution in [3.63, 3.8) is 0 Å². The summed E-state index contributed by atoms with van der Waals surface area (Å²) in [6.07, 6.45) is 0. The predicted molar refractivity (Wildman–Crippen MR) is 323 cm³/mol. The fraction of sp³-hybridized carbons (Fsp3) is 0.130. The van der Waals surface area contributed by atoms with E-state index in [1.807, 2.05) is 0 Å². The van der Waals surface area contributed by atoms with Crippen molar-refractivity contribution in [2.75, 3.05) is 9.80 Å². The summed E-state index contributed by atoms with van der Waals surface area (Å²) < 4.78 is 314. The Balaban J connectivity index is 1.15. The number of aromatic nitrogens is 2. The molecule has 0 N–H and O–H groups in total. The van der Waals surface area contributed by atoms with Crippen molar-refractivity contribution in [2.24, 2.45) is 0 Å². The van der Waals surface area contributed by atoms with Crippen molar-refractivity contribution in [3.05, 3.63) is 210 Å². The fourth-order valence-electron chi connectivity index (χ4n) is 10.8. The number of thiophene rings is 1. The minimum Gasteiger partial charge on any atom is -0.311 e. The predicted octanol–water partition coefficient (Wildman–Crippen LogP) is 17.2. The van der Waals surface area contributed by atoms with Crippen LogP contribution in [0.15, 0.2) is 193 Å². The van der Waals surface area contributed by atoms with Gasteiger partial charge in [0.05, 0.1) is 83.0 Å². The standard InChI is InChI=1S/C69H53BN4S/c1-40-35-61-64-62(36-40)74-58-22-13-18-49-47-15-8-10-21-55(47)73(65(49)58)59-23-14-20-54(66(59)74)70(64)53-32-31-45(72-56-33-27-42(68(2,3)4)37-51(56)52-38-43(69(5,6)7)28-34-57(52)72)39-60(53)71(61)44-29-25-41(26-30-44)46-17-12-19-50-48-16-9-11-24-63(48)75-67(46)50/h8-39H,1-7H3/i8D,9D,10D,11D,12D,13D,14D,15D,16D,17D,18D,19D,20D,21D,22D,23D,24D,25D,26D,27D,28D,29D,30D,31D,32D,33D,34D,35D,36D,37D,38D,39D. The van der Waals surface area contributed by atoms with Crippen molar-refractivity contribution in [1.29, 1.82) is 0 Å². The Morgan fingerprint density at radius 2 is 1.05 bits per heavy atom. The van der Waals surface area contributed by atoms with Crippen molar-refractivity contribution in [3.8, 4) is 22.5 Å². The molecule has 6 heterocycles. The third-order valence-electron chi connectivity index (χ3n) is 14.2. The molecule has 10 aromatic carbocycles. The average Bonchev–Trinajstić information content (AvgIpc) is 1.65. The summed E-state index contributed by atoms with van der Waals surface area (Å²) in [4.78, 5) is 2.01. The number of fused-ring (bicyclic) bond motifs is 15. The van der Waals surface area contributed by atoms with E-state index in [4.69, 9.17) is 11.0 Å². The van der Waals surface area contributed by atoms with E-state index in [-0.39, 0.29) is 63.9 Å². The fourth-order valence-corrected chi connectivity index (χ4v) is 11.9. The Morgan fingerprint density at radius 3 is 1.80 bits per heavy atom. The van der Waals surface area contributed by atoms with E-state index in [1.54, 1.807) is 41.5 Å². The summed E-state index contributed by atoms with van der Waals surface area (Å²) >= 11 is 0.630. The number of nitrogens with zero attached hydrogens (tertiary/aromatic N) is 4. The monoisotopic (exact) mass is 1010 g/mol. The lowest BCUT2D eigenvalue weighted by Gasteiger charge is -2.46. The minimum atomic E-state index is -2.01. The lowest BCUT2D eigenvalue weighted by Crippen LogP contribution is -2.61. The smallest absolute Gasteiger partial charge is 0.252 e. The highest BCUT2D eigenvalue weighted by Crippen LogP contribution is 2.53. The van der Waals surface area contributed by atoms with Crippen LogP contribution in [0.25, 0.3) is 86.3 Å². The van der Waals surface area contributed by atoms with Crippen LogP contribution in [-0.4, -0.2) is 15.8 Å². The summed E-state index contributed by atoms with van der Waals surface area (Å²) in [5, 5.41) is -1.73. The van der Waals surface area contributed by atoms with Gasteiger partial charge < -0.3 is 18.9 Å². The topological polar surface area (TPSA) is 16.3 Å². The Bertz CT molecular complexity index is 6480. The molecule has 0 amide bonds. The van der Waals surface area contributed by atoms with Crippen LogP contribution in [0.1, 0.15) is 102 Å². The van der Waals surface area contributed by atoms with Gasteiger partial charge in [0.2, 0.25) is 0 Å². The van der Waals surface area contributed by atoms with Crippen LogP contribution in [0, 0.1) is 6.92 Å². The van der Waals surface area contributed by atoms with Crippen LogP contribution in [0.5, 0.6) is 0 Å². The van der Waals surface area contributed by atoms with Crippen LogP contribution >= 0.6 is 11.3 Å². The first-order chi connectivity index (χ1) is 49.8. The third-order valence-corrected chi connectivity index (χ3v) is 15.3. The van der Waals surface area contributed by atoms with Gasteiger partial charge in [-0.2, -0.15) is 0 Å². The minimum absolute atomic E-state index is 0.00148. The molecule has 6 heteroatoms. The second-order valence-corrected chi connectivity index (χ2v) is 21.9. The van der Waals surface area contributed by atoms with E-state index >= 15 is 0 Å². The Kier molecular flexibility index (Phi) is 4.43. The third kappa shape index (κ3) is 5.89. The van der Waals surface area contributed by atoms with Gasteiger partial charge in [0.25, 0.3) is 6.71 Å². The van der Waals surface area contributed by atoms with Gasteiger partial charge in [-0.1, -0.05) is 150 Å². The lowest BCUT2D eigenvalue weighted by atomic mass is 9.33. The van der Waals surface area contributed by atoms with Crippen molar-refractivity contribution < 1.29 is 43.9 Å². The molecule has 358 valence electrons. The number of benzene rings is 10. The van der Waals surface area contributed by atoms with Crippen LogP contribution in [-0.2, 0) is 10.8 Å². The van der Waals surface area contributed by atoms with Crippen molar-refractivity contribution in [1.82, 2.24) is 9.13 Å². The van der Waals surface area contributed by atoms with Gasteiger partial charge in [-0.05, 0) is 147 Å². The molecule has 4 nitrogen and oxygen atoms in total. The van der Waals surface area contributed by atoms with E-state index in [2.05, 4.69) is 0 Å². The Hall–Kier alpha value is -8.32. The quantitative estimate of drug-likeness (QED) is 0.164. The molecule has 13 aromatic rings. The molecule has 16 rings (SSSR count). The van der Waals surface area contributed by atoms with E-state index < -0.39 is 300 Å². The molecule has 0 spiro atoms. The first-order valence-corrected chi connectivity index (χ1v) is 24.8. The number of para-hydroxylation sites is 3. The molecule has 0 radical (unpaired) electrons. The molecule has 0 unspecified atom stereocenters. The van der Waals surface area contributed by atoms with Crippen molar-refractivity contribution >= 4 is 132 Å². The maximum absolute atomic E-state index is 11.1. The Morgan fingerprint density at radius 1 is 0.440 bits per heavy atom. The number of rotatable bonds is 3. The van der Waals surface area contributed by atoms with E-state index in [0.717, 1.165) is 18.9 Å². The highest BCUT2D eigenvalue weighted by Gasteiger charge is 2.46. The summed E-state index contributed by atoms with van der Waals surface area (Å²) in [5.74, 6) is 0. The molecule has 0 aliphatic carbocycles. The highest BCUT2D eigenvalue weighted by molar-refractivity contribution is 7.26. The zero-order valence-corrected chi connectivity index (χ0v) is 41.6. The van der Waals surface area contributed by atoms with Crippen LogP contribution in [0.4, 0.5) is 34.1 Å². The number of hydrogen-bond donors (Lipinski definition) is 0. The molecular formula is C69H53BN4S. The molecule has 75 heavy (non-hydrogen) atoms. The van der Waals surface area contributed by atoms with Gasteiger partial charge in [-0.25, -0.2) is 0 Å². The number of hydrogen-bond acceptors (Lipinski definition) is 3. The van der Waals surface area contributed by atoms with Gasteiger partial charge >= 0.3 is 0 Å². The second kappa shape index (κ2) is 14.9. The summed E-state index contributed by atoms with van der Waals surface area (Å²) in [6, 6.07) is -24.8. The SMILES string of the molecule is [2H]c1c([2H])c2c3c(c1[2H])-n1c4c([2H])c([2H])c([2H])c([2H])c4c4c([2H])c([2H])c([2H])c(c41)N3c1c([2H])c(C)c([2H])c3c1B2c1c([2H])c([2H])c(-n2c4c([2H])c([2H])c(C(C)(C)C)c([2H])c4c4c([2H])c(C(C)(C)C)c([2H])c([2H])c42)c([2H])c1N3c1c([2H])c([2H])c(-c2c([2H])c([2H])c([2H])c3c2sc2c([2H])c([2H])c([2H])c([2H])c23)c([2H])c1[2H]. The number of anilines is 6. The molecule has 0 saturated heterocycles. The first kappa shape index (κ1) is 22.3. The van der Waals surface area contributed by atoms with Gasteiger partial charge in [0.1, 0.15) is 0 Å². The molecule has 3 aliphatic rings. The highest BCUT2D eigenvalue weighted by atomic mass is 32.1. The zero-order chi connectivity index (χ0) is 78.2. The normalized spacial score (nSPS) is 19.7. The summed E-state index contributed by atoms with van der Waals surface area (Å²) in [6.45, 7) is 9.38. The van der Waals surface area contributed by atoms with E-state index in [1.165, 1.54) is 6.92 Å². The largest absolute Gasteiger partial charge is 0.311 e. The first-order valence-electron chi connectivity index (χ1n) is 40.0. The molecule has 0 fully saturated rings. The maximum atomic E-state index is 11.1. The second-order valence-electron chi connectivity index (χ2n) is 20.8. The van der Waals surface area contributed by atoms with Crippen LogP contribution in [0.3, 0.4) is 0 Å². The maximum Gasteiger partial charge on any atom is 0.252 e. The molecular weight excluding hydrogens is 928 g/mol. The molecule has 0 saturated carbocycles.